The quantitative estimate of drug-likeness (QED) is 0.682. The van der Waals surface area contributed by atoms with Gasteiger partial charge in [-0.3, -0.25) is 4.90 Å². The van der Waals surface area contributed by atoms with Gasteiger partial charge in [0.05, 0.1) is 0 Å². The second kappa shape index (κ2) is 4.55. The van der Waals surface area contributed by atoms with Gasteiger partial charge in [0.15, 0.2) is 0 Å². The van der Waals surface area contributed by atoms with Crippen LogP contribution in [-0.4, -0.2) is 33.2 Å². The van der Waals surface area contributed by atoms with Gasteiger partial charge in [0.2, 0.25) is 0 Å². The molecule has 1 aromatic carbocycles. The largest absolute Gasteiger partial charge is 0.337 e. The van der Waals surface area contributed by atoms with Gasteiger partial charge in [-0.2, -0.15) is 0 Å². The van der Waals surface area contributed by atoms with Crippen molar-refractivity contribution in [2.24, 2.45) is 0 Å². The van der Waals surface area contributed by atoms with E-state index in [1.165, 1.54) is 0 Å². The van der Waals surface area contributed by atoms with Gasteiger partial charge in [-0.25, -0.2) is 0 Å². The van der Waals surface area contributed by atoms with E-state index in [1.807, 2.05) is 49.3 Å². The van der Waals surface area contributed by atoms with Crippen molar-refractivity contribution in [3.05, 3.63) is 35.9 Å². The molecular formula is C11H17NO2. The lowest BCUT2D eigenvalue weighted by Gasteiger charge is -2.36. The number of hydrogen-bond acceptors (Lipinski definition) is 3. The molecule has 0 bridgehead atoms. The fraction of sp³-hybridized carbons (Fsp3) is 0.455. The first-order chi connectivity index (χ1) is 6.67. The normalized spacial score (nSPS) is 12.1. The lowest BCUT2D eigenvalue weighted by Crippen LogP contribution is -2.44. The van der Waals surface area contributed by atoms with Crippen LogP contribution in [0.25, 0.3) is 0 Å². The highest BCUT2D eigenvalue weighted by Crippen LogP contribution is 2.27. The number of ether oxygens (including phenoxy) is 2. The lowest BCUT2D eigenvalue weighted by atomic mass is 10.1. The molecule has 3 heteroatoms. The predicted molar refractivity (Wildman–Crippen MR) is 55.8 cm³/mol. The van der Waals surface area contributed by atoms with Crippen LogP contribution in [0.3, 0.4) is 0 Å². The molecule has 3 nitrogen and oxygen atoms in total. The van der Waals surface area contributed by atoms with Gasteiger partial charge in [-0.05, 0) is 14.1 Å². The average molecular weight is 195 g/mol. The number of rotatable bonds is 4. The Morgan fingerprint density at radius 1 is 1.00 bits per heavy atom. The molecular weight excluding hydrogens is 178 g/mol. The Bertz CT molecular complexity index is 268. The van der Waals surface area contributed by atoms with Gasteiger partial charge in [0.25, 0.3) is 5.91 Å². The average Bonchev–Trinajstić information content (AvgIpc) is 2.22. The van der Waals surface area contributed by atoms with Crippen LogP contribution in [0.4, 0.5) is 0 Å². The fourth-order valence-electron chi connectivity index (χ4n) is 1.59. The summed E-state index contributed by atoms with van der Waals surface area (Å²) in [6.07, 6.45) is 0. The molecule has 14 heavy (non-hydrogen) atoms. The van der Waals surface area contributed by atoms with Gasteiger partial charge < -0.3 is 9.47 Å². The van der Waals surface area contributed by atoms with E-state index in [4.69, 9.17) is 9.47 Å². The third-order valence-electron chi connectivity index (χ3n) is 2.28. The third-order valence-corrected chi connectivity index (χ3v) is 2.28. The van der Waals surface area contributed by atoms with Crippen molar-refractivity contribution in [1.29, 1.82) is 0 Å². The molecule has 0 aromatic heterocycles. The molecule has 0 N–H and O–H groups in total. The Hall–Kier alpha value is -0.900. The monoisotopic (exact) mass is 195 g/mol. The molecule has 1 aromatic rings. The summed E-state index contributed by atoms with van der Waals surface area (Å²) in [4.78, 5) is 1.89. The Balaban J connectivity index is 3.11. The zero-order valence-corrected chi connectivity index (χ0v) is 9.15. The second-order valence-electron chi connectivity index (χ2n) is 3.25. The van der Waals surface area contributed by atoms with Gasteiger partial charge in [-0.1, -0.05) is 30.3 Å². The number of benzene rings is 1. The summed E-state index contributed by atoms with van der Waals surface area (Å²) in [5, 5.41) is 0. The molecule has 0 aliphatic carbocycles. The molecule has 0 saturated carbocycles. The fourth-order valence-corrected chi connectivity index (χ4v) is 1.59. The summed E-state index contributed by atoms with van der Waals surface area (Å²) < 4.78 is 10.9. The third kappa shape index (κ3) is 1.80. The van der Waals surface area contributed by atoms with Crippen LogP contribution < -0.4 is 0 Å². The minimum Gasteiger partial charge on any atom is -0.337 e. The summed E-state index contributed by atoms with van der Waals surface area (Å²) in [6, 6.07) is 9.85. The Labute approximate surface area is 85.2 Å². The van der Waals surface area contributed by atoms with Crippen LogP contribution in [0, 0.1) is 0 Å². The van der Waals surface area contributed by atoms with Gasteiger partial charge in [0, 0.05) is 19.8 Å². The summed E-state index contributed by atoms with van der Waals surface area (Å²) in [7, 11) is 7.10. The maximum atomic E-state index is 5.44. The summed E-state index contributed by atoms with van der Waals surface area (Å²) >= 11 is 0. The highest BCUT2D eigenvalue weighted by molar-refractivity contribution is 5.19. The van der Waals surface area contributed by atoms with Crippen molar-refractivity contribution in [2.45, 2.75) is 5.91 Å². The first kappa shape index (κ1) is 11.2. The van der Waals surface area contributed by atoms with Crippen molar-refractivity contribution in [2.75, 3.05) is 28.3 Å². The minimum absolute atomic E-state index is 0.790. The van der Waals surface area contributed by atoms with Crippen molar-refractivity contribution < 1.29 is 9.47 Å². The number of nitrogens with zero attached hydrogens (tertiary/aromatic N) is 1. The Morgan fingerprint density at radius 3 is 1.86 bits per heavy atom. The molecule has 78 valence electrons. The smallest absolute Gasteiger partial charge is 0.257 e. The van der Waals surface area contributed by atoms with E-state index in [2.05, 4.69) is 0 Å². The maximum Gasteiger partial charge on any atom is 0.257 e. The molecule has 0 unspecified atom stereocenters. The van der Waals surface area contributed by atoms with E-state index < -0.39 is 5.91 Å². The predicted octanol–water partition coefficient (Wildman–Crippen LogP) is 1.65. The van der Waals surface area contributed by atoms with E-state index in [1.54, 1.807) is 14.2 Å². The molecule has 0 radical (unpaired) electrons. The molecule has 1 rings (SSSR count). The van der Waals surface area contributed by atoms with Crippen molar-refractivity contribution in [3.8, 4) is 0 Å². The highest BCUT2D eigenvalue weighted by atomic mass is 16.7. The van der Waals surface area contributed by atoms with E-state index in [-0.39, 0.29) is 0 Å². The molecule has 0 atom stereocenters. The molecule has 0 heterocycles. The minimum atomic E-state index is -0.790. The van der Waals surface area contributed by atoms with Crippen LogP contribution in [0.2, 0.25) is 0 Å². The molecule has 0 aliphatic heterocycles. The van der Waals surface area contributed by atoms with E-state index >= 15 is 0 Å². The molecule has 0 saturated heterocycles. The van der Waals surface area contributed by atoms with Crippen molar-refractivity contribution in [1.82, 2.24) is 4.90 Å². The van der Waals surface area contributed by atoms with Crippen LogP contribution in [-0.2, 0) is 15.4 Å². The van der Waals surface area contributed by atoms with Crippen LogP contribution in [0.15, 0.2) is 30.3 Å². The van der Waals surface area contributed by atoms with Crippen LogP contribution >= 0.6 is 0 Å². The summed E-state index contributed by atoms with van der Waals surface area (Å²) in [5.74, 6) is -0.790. The van der Waals surface area contributed by atoms with Crippen molar-refractivity contribution in [3.63, 3.8) is 0 Å². The van der Waals surface area contributed by atoms with E-state index in [0.717, 1.165) is 5.56 Å². The standard InChI is InChI=1S/C11H17NO2/c1-12(2)11(13-3,14-4)10-8-6-5-7-9-10/h5-9H,1-4H3. The van der Waals surface area contributed by atoms with Gasteiger partial charge in [-0.15, -0.1) is 0 Å². The second-order valence-corrected chi connectivity index (χ2v) is 3.25. The molecule has 0 aliphatic rings. The van der Waals surface area contributed by atoms with Crippen LogP contribution in [0.1, 0.15) is 5.56 Å². The Morgan fingerprint density at radius 2 is 1.50 bits per heavy atom. The lowest BCUT2D eigenvalue weighted by molar-refractivity contribution is -0.294. The van der Waals surface area contributed by atoms with E-state index in [0.29, 0.717) is 0 Å². The highest BCUT2D eigenvalue weighted by Gasteiger charge is 2.34. The zero-order chi connectivity index (χ0) is 10.6. The van der Waals surface area contributed by atoms with Crippen LogP contribution in [0.5, 0.6) is 0 Å². The van der Waals surface area contributed by atoms with Crippen molar-refractivity contribution >= 4 is 0 Å². The first-order valence-corrected chi connectivity index (χ1v) is 4.50. The SMILES string of the molecule is COC(OC)(c1ccccc1)N(C)C. The molecule has 0 amide bonds. The van der Waals surface area contributed by atoms with E-state index in [9.17, 15) is 0 Å². The number of hydrogen-bond donors (Lipinski definition) is 0. The molecule has 0 spiro atoms. The summed E-state index contributed by atoms with van der Waals surface area (Å²) in [5.41, 5.74) is 0.981. The van der Waals surface area contributed by atoms with Gasteiger partial charge in [0.1, 0.15) is 0 Å². The topological polar surface area (TPSA) is 21.7 Å². The maximum absolute atomic E-state index is 5.44. The van der Waals surface area contributed by atoms with Gasteiger partial charge >= 0.3 is 0 Å². The first-order valence-electron chi connectivity index (χ1n) is 4.50. The number of methoxy groups -OCH3 is 2. The molecule has 0 fully saturated rings. The summed E-state index contributed by atoms with van der Waals surface area (Å²) in [6.45, 7) is 0. The zero-order valence-electron chi connectivity index (χ0n) is 9.15. The Kier molecular flexibility index (Phi) is 3.63.